The van der Waals surface area contributed by atoms with Crippen molar-refractivity contribution >= 4 is 23.5 Å². The number of rotatable bonds is 6. The first kappa shape index (κ1) is 19.4. The molecule has 7 nitrogen and oxygen atoms in total. The lowest BCUT2D eigenvalue weighted by Gasteiger charge is -2.26. The highest BCUT2D eigenvalue weighted by Gasteiger charge is 2.51. The zero-order valence-corrected chi connectivity index (χ0v) is 16.1. The molecule has 4 amide bonds. The van der Waals surface area contributed by atoms with Crippen LogP contribution in [-0.4, -0.2) is 36.4 Å². The molecule has 0 bridgehead atoms. The van der Waals surface area contributed by atoms with Gasteiger partial charge >= 0.3 is 6.03 Å². The first-order chi connectivity index (χ1) is 13.4. The lowest BCUT2D eigenvalue weighted by molar-refractivity contribution is -0.134. The molecule has 2 N–H and O–H groups in total. The molecule has 0 saturated carbocycles. The molecule has 0 aliphatic carbocycles. The predicted molar refractivity (Wildman–Crippen MR) is 105 cm³/mol. The summed E-state index contributed by atoms with van der Waals surface area (Å²) in [4.78, 5) is 39.0. The average molecular weight is 381 g/mol. The predicted octanol–water partition coefficient (Wildman–Crippen LogP) is 2.80. The van der Waals surface area contributed by atoms with Gasteiger partial charge in [-0.15, -0.1) is 0 Å². The van der Waals surface area contributed by atoms with Gasteiger partial charge in [0.15, 0.2) is 0 Å². The number of hydrogen-bond acceptors (Lipinski definition) is 4. The fourth-order valence-corrected chi connectivity index (χ4v) is 3.33. The van der Waals surface area contributed by atoms with Crippen molar-refractivity contribution in [2.45, 2.75) is 25.8 Å². The molecule has 1 aliphatic heterocycles. The second-order valence-corrected chi connectivity index (χ2v) is 6.67. The molecule has 1 atom stereocenters. The van der Waals surface area contributed by atoms with Gasteiger partial charge in [0, 0.05) is 5.69 Å². The fraction of sp³-hybridized carbons (Fsp3) is 0.286. The Kier molecular flexibility index (Phi) is 5.35. The molecule has 0 radical (unpaired) electrons. The Morgan fingerprint density at radius 3 is 2.43 bits per heavy atom. The molecule has 28 heavy (non-hydrogen) atoms. The van der Waals surface area contributed by atoms with Gasteiger partial charge < -0.3 is 15.4 Å². The number of methoxy groups -OCH3 is 1. The standard InChI is InChI=1S/C21H23N3O4/c1-4-21(15-9-11-16(28-3)12-10-15)19(26)24(20(27)23-21)13-18(25)22-17-8-6-5-7-14(17)2/h5-12H,4,13H2,1-3H3,(H,22,25)(H,23,27)/t21-/m1/s1. The van der Waals surface area contributed by atoms with E-state index in [1.54, 1.807) is 37.4 Å². The summed E-state index contributed by atoms with van der Waals surface area (Å²) in [6.45, 7) is 3.34. The Morgan fingerprint density at radius 1 is 1.14 bits per heavy atom. The molecule has 0 aromatic heterocycles. The Labute approximate surface area is 163 Å². The Bertz CT molecular complexity index is 910. The fourth-order valence-electron chi connectivity index (χ4n) is 3.33. The second-order valence-electron chi connectivity index (χ2n) is 6.67. The van der Waals surface area contributed by atoms with E-state index in [1.165, 1.54) is 0 Å². The number of hydrogen-bond donors (Lipinski definition) is 2. The van der Waals surface area contributed by atoms with E-state index in [0.29, 0.717) is 23.4 Å². The smallest absolute Gasteiger partial charge is 0.325 e. The molecule has 146 valence electrons. The molecule has 1 saturated heterocycles. The van der Waals surface area contributed by atoms with Gasteiger partial charge in [-0.25, -0.2) is 4.79 Å². The third-order valence-corrected chi connectivity index (χ3v) is 5.01. The number of benzene rings is 2. The quantitative estimate of drug-likeness (QED) is 0.753. The molecule has 2 aromatic carbocycles. The summed E-state index contributed by atoms with van der Waals surface area (Å²) < 4.78 is 5.15. The summed E-state index contributed by atoms with van der Waals surface area (Å²) in [6, 6.07) is 13.7. The second kappa shape index (κ2) is 7.72. The molecule has 7 heteroatoms. The maximum Gasteiger partial charge on any atom is 0.325 e. The molecule has 1 heterocycles. The van der Waals surface area contributed by atoms with Gasteiger partial charge in [0.25, 0.3) is 5.91 Å². The SMILES string of the molecule is CC[C@]1(c2ccc(OC)cc2)NC(=O)N(CC(=O)Nc2ccccc2C)C1=O. The van der Waals surface area contributed by atoms with Crippen LogP contribution in [0.3, 0.4) is 0 Å². The van der Waals surface area contributed by atoms with E-state index in [4.69, 9.17) is 4.74 Å². The highest BCUT2D eigenvalue weighted by molar-refractivity contribution is 6.10. The third-order valence-electron chi connectivity index (χ3n) is 5.01. The summed E-state index contributed by atoms with van der Waals surface area (Å²) >= 11 is 0. The van der Waals surface area contributed by atoms with E-state index in [1.807, 2.05) is 32.0 Å². The van der Waals surface area contributed by atoms with Crippen molar-refractivity contribution in [3.63, 3.8) is 0 Å². The van der Waals surface area contributed by atoms with Gasteiger partial charge in [0.1, 0.15) is 17.8 Å². The van der Waals surface area contributed by atoms with Gasteiger partial charge in [-0.3, -0.25) is 14.5 Å². The number of imide groups is 1. The van der Waals surface area contributed by atoms with Crippen LogP contribution in [0.4, 0.5) is 10.5 Å². The number of para-hydroxylation sites is 1. The van der Waals surface area contributed by atoms with Crippen molar-refractivity contribution in [1.82, 2.24) is 10.2 Å². The molecule has 3 rings (SSSR count). The number of anilines is 1. The number of ether oxygens (including phenoxy) is 1. The average Bonchev–Trinajstić information content (AvgIpc) is 2.95. The number of nitrogens with zero attached hydrogens (tertiary/aromatic N) is 1. The minimum Gasteiger partial charge on any atom is -0.497 e. The Morgan fingerprint density at radius 2 is 1.82 bits per heavy atom. The summed E-state index contributed by atoms with van der Waals surface area (Å²) in [5.41, 5.74) is 1.01. The van der Waals surface area contributed by atoms with Crippen LogP contribution in [0.5, 0.6) is 5.75 Å². The van der Waals surface area contributed by atoms with Crippen LogP contribution in [0, 0.1) is 6.92 Å². The number of carbonyl (C=O) groups is 3. The van der Waals surface area contributed by atoms with Crippen molar-refractivity contribution in [2.24, 2.45) is 0 Å². The maximum atomic E-state index is 13.1. The van der Waals surface area contributed by atoms with Crippen LogP contribution in [0.15, 0.2) is 48.5 Å². The minimum atomic E-state index is -1.19. The highest BCUT2D eigenvalue weighted by Crippen LogP contribution is 2.33. The topological polar surface area (TPSA) is 87.7 Å². The molecular weight excluding hydrogens is 358 g/mol. The van der Waals surface area contributed by atoms with Gasteiger partial charge in [0.2, 0.25) is 5.91 Å². The molecule has 1 aliphatic rings. The maximum absolute atomic E-state index is 13.1. The van der Waals surface area contributed by atoms with Gasteiger partial charge in [-0.1, -0.05) is 37.3 Å². The van der Waals surface area contributed by atoms with Crippen LogP contribution in [-0.2, 0) is 15.1 Å². The van der Waals surface area contributed by atoms with Crippen molar-refractivity contribution < 1.29 is 19.1 Å². The van der Waals surface area contributed by atoms with E-state index in [2.05, 4.69) is 10.6 Å². The molecular formula is C21H23N3O4. The lowest BCUT2D eigenvalue weighted by Crippen LogP contribution is -2.44. The number of nitrogens with one attached hydrogen (secondary N) is 2. The first-order valence-electron chi connectivity index (χ1n) is 9.05. The van der Waals surface area contributed by atoms with Crippen LogP contribution >= 0.6 is 0 Å². The highest BCUT2D eigenvalue weighted by atomic mass is 16.5. The first-order valence-corrected chi connectivity index (χ1v) is 9.05. The van der Waals surface area contributed by atoms with E-state index in [-0.39, 0.29) is 6.54 Å². The summed E-state index contributed by atoms with van der Waals surface area (Å²) in [6.07, 6.45) is 0.361. The summed E-state index contributed by atoms with van der Waals surface area (Å²) in [7, 11) is 1.56. The van der Waals surface area contributed by atoms with Crippen LogP contribution in [0.1, 0.15) is 24.5 Å². The zero-order chi connectivity index (χ0) is 20.3. The number of amides is 4. The normalized spacial score (nSPS) is 18.8. The van der Waals surface area contributed by atoms with Crippen molar-refractivity contribution in [3.05, 3.63) is 59.7 Å². The Balaban J connectivity index is 1.79. The van der Waals surface area contributed by atoms with E-state index in [0.717, 1.165) is 10.5 Å². The third kappa shape index (κ3) is 3.43. The van der Waals surface area contributed by atoms with E-state index >= 15 is 0 Å². The lowest BCUT2D eigenvalue weighted by atomic mass is 9.87. The molecule has 0 spiro atoms. The van der Waals surface area contributed by atoms with Gasteiger partial charge in [-0.05, 0) is 42.7 Å². The molecule has 1 fully saturated rings. The van der Waals surface area contributed by atoms with Gasteiger partial charge in [0.05, 0.1) is 7.11 Å². The minimum absolute atomic E-state index is 0.350. The van der Waals surface area contributed by atoms with Crippen LogP contribution in [0.25, 0.3) is 0 Å². The van der Waals surface area contributed by atoms with Gasteiger partial charge in [-0.2, -0.15) is 0 Å². The Hall–Kier alpha value is -3.35. The monoisotopic (exact) mass is 381 g/mol. The number of carbonyl (C=O) groups excluding carboxylic acids is 3. The van der Waals surface area contributed by atoms with Crippen molar-refractivity contribution in [2.75, 3.05) is 19.0 Å². The van der Waals surface area contributed by atoms with E-state index < -0.39 is 23.4 Å². The molecule has 0 unspecified atom stereocenters. The number of urea groups is 1. The van der Waals surface area contributed by atoms with Crippen LogP contribution in [0.2, 0.25) is 0 Å². The number of aryl methyl sites for hydroxylation is 1. The van der Waals surface area contributed by atoms with Crippen molar-refractivity contribution in [1.29, 1.82) is 0 Å². The van der Waals surface area contributed by atoms with Crippen molar-refractivity contribution in [3.8, 4) is 5.75 Å². The summed E-state index contributed by atoms with van der Waals surface area (Å²) in [5.74, 6) is -0.217. The zero-order valence-electron chi connectivity index (χ0n) is 16.1. The van der Waals surface area contributed by atoms with Crippen LogP contribution < -0.4 is 15.4 Å². The summed E-state index contributed by atoms with van der Waals surface area (Å²) in [5, 5.41) is 5.52. The van der Waals surface area contributed by atoms with E-state index in [9.17, 15) is 14.4 Å². The largest absolute Gasteiger partial charge is 0.497 e. The molecule has 2 aromatic rings.